The first-order valence-corrected chi connectivity index (χ1v) is 25.9. The normalized spacial score (nSPS) is 11.3. The Hall–Kier alpha value is -11.0. The van der Waals surface area contributed by atoms with Crippen molar-refractivity contribution in [3.63, 3.8) is 0 Å². The van der Waals surface area contributed by atoms with Gasteiger partial charge in [-0.3, -0.25) is 4.98 Å². The SMILES string of the molecule is c1ccc(-c2nc(-c3ccccc3)nc(-c3ccc(-c4ccccn4)c(-n4c5cc(-c6nc(-c7ccccc7)nc(-c7ccccc7)n6)ccc5c5ccc(-c6nc(-c7ccccc7)nc(-c7ccccc7)n6)cc54)c3)n2)cc1. The number of hydrogen-bond donors (Lipinski definition) is 0. The average molecular weight is 1010 g/mol. The summed E-state index contributed by atoms with van der Waals surface area (Å²) in [5.74, 6) is 5.00. The summed E-state index contributed by atoms with van der Waals surface area (Å²) in [6, 6.07) is 85.4. The summed E-state index contributed by atoms with van der Waals surface area (Å²) >= 11 is 0. The van der Waals surface area contributed by atoms with E-state index in [9.17, 15) is 0 Å². The summed E-state index contributed by atoms with van der Waals surface area (Å²) in [4.78, 5) is 51.2. The number of pyridine rings is 1. The highest BCUT2D eigenvalue weighted by Gasteiger charge is 2.23. The molecule has 0 aliphatic carbocycles. The van der Waals surface area contributed by atoms with E-state index < -0.39 is 0 Å². The molecule has 14 aromatic rings. The molecule has 11 nitrogen and oxygen atoms in total. The van der Waals surface area contributed by atoms with Crippen LogP contribution in [0.1, 0.15) is 0 Å². The molecule has 79 heavy (non-hydrogen) atoms. The summed E-state index contributed by atoms with van der Waals surface area (Å²) in [5, 5.41) is 2.01. The molecule has 0 aliphatic heterocycles. The van der Waals surface area contributed by atoms with Gasteiger partial charge in [0.25, 0.3) is 0 Å². The van der Waals surface area contributed by atoms with Crippen molar-refractivity contribution in [3.05, 3.63) is 261 Å². The molecule has 0 radical (unpaired) electrons. The van der Waals surface area contributed by atoms with Crippen LogP contribution in [0, 0.1) is 0 Å². The summed E-state index contributed by atoms with van der Waals surface area (Å²) in [5.41, 5.74) is 12.0. The molecule has 0 aliphatic rings. The zero-order chi connectivity index (χ0) is 52.5. The van der Waals surface area contributed by atoms with Crippen molar-refractivity contribution in [2.75, 3.05) is 0 Å². The second-order valence-corrected chi connectivity index (χ2v) is 18.9. The van der Waals surface area contributed by atoms with Gasteiger partial charge in [-0.25, -0.2) is 44.9 Å². The highest BCUT2D eigenvalue weighted by atomic mass is 15.1. The fraction of sp³-hybridized carbons (Fsp3) is 0. The van der Waals surface area contributed by atoms with Crippen molar-refractivity contribution in [2.45, 2.75) is 0 Å². The van der Waals surface area contributed by atoms with E-state index in [-0.39, 0.29) is 0 Å². The minimum Gasteiger partial charge on any atom is -0.308 e. The molecule has 0 unspecified atom stereocenters. The highest BCUT2D eigenvalue weighted by Crippen LogP contribution is 2.41. The number of hydrogen-bond acceptors (Lipinski definition) is 10. The Labute approximate surface area is 454 Å². The van der Waals surface area contributed by atoms with Crippen LogP contribution in [0.4, 0.5) is 0 Å². The van der Waals surface area contributed by atoms with E-state index in [1.165, 1.54) is 0 Å². The molecule has 0 saturated carbocycles. The minimum absolute atomic E-state index is 0.516. The smallest absolute Gasteiger partial charge is 0.164 e. The Morgan fingerprint density at radius 3 is 0.810 bits per heavy atom. The van der Waals surface area contributed by atoms with Crippen LogP contribution in [0.25, 0.3) is 141 Å². The van der Waals surface area contributed by atoms with Gasteiger partial charge in [-0.15, -0.1) is 0 Å². The molecule has 5 heterocycles. The number of rotatable bonds is 11. The highest BCUT2D eigenvalue weighted by molar-refractivity contribution is 6.11. The lowest BCUT2D eigenvalue weighted by Crippen LogP contribution is -2.03. The molecule has 0 bridgehead atoms. The van der Waals surface area contributed by atoms with Gasteiger partial charge in [0.1, 0.15) is 0 Å². The van der Waals surface area contributed by atoms with Crippen molar-refractivity contribution in [1.29, 1.82) is 0 Å². The first kappa shape index (κ1) is 46.5. The molecule has 0 amide bonds. The van der Waals surface area contributed by atoms with Crippen LogP contribution in [-0.4, -0.2) is 54.4 Å². The van der Waals surface area contributed by atoms with E-state index in [1.54, 1.807) is 0 Å². The summed E-state index contributed by atoms with van der Waals surface area (Å²) < 4.78 is 2.30. The zero-order valence-electron chi connectivity index (χ0n) is 42.2. The molecule has 0 spiro atoms. The number of nitrogens with zero attached hydrogens (tertiary/aromatic N) is 11. The minimum atomic E-state index is 0.516. The zero-order valence-corrected chi connectivity index (χ0v) is 42.2. The summed E-state index contributed by atoms with van der Waals surface area (Å²) in [6.45, 7) is 0. The standard InChI is InChI=1S/C68H43N11/c1-7-21-44(22-8-1)60-70-61(45-23-9-2-10-24-45)74-66(73-60)50-34-37-53-54-38-35-51(67-75-62(46-25-11-3-12-26-46)71-63(76-67)47-27-13-4-14-28-47)42-58(54)79(57(53)41-50)59-43-52(36-39-55(59)56-33-19-20-40-69-56)68-77-64(48-29-15-5-16-30-48)72-65(78-68)49-31-17-6-18-32-49/h1-43H. The summed E-state index contributed by atoms with van der Waals surface area (Å²) in [6.07, 6.45) is 1.82. The van der Waals surface area contributed by atoms with Crippen LogP contribution in [0.3, 0.4) is 0 Å². The van der Waals surface area contributed by atoms with Crippen molar-refractivity contribution >= 4 is 21.8 Å². The molecule has 14 rings (SSSR count). The van der Waals surface area contributed by atoms with E-state index in [2.05, 4.69) is 59.2 Å². The number of aromatic nitrogens is 11. The van der Waals surface area contributed by atoms with Crippen LogP contribution < -0.4 is 0 Å². The van der Waals surface area contributed by atoms with E-state index in [4.69, 9.17) is 49.8 Å². The van der Waals surface area contributed by atoms with E-state index >= 15 is 0 Å². The van der Waals surface area contributed by atoms with Gasteiger partial charge in [0.15, 0.2) is 52.4 Å². The topological polar surface area (TPSA) is 134 Å². The first-order chi connectivity index (χ1) is 39.1. The Balaban J connectivity index is 1.05. The van der Waals surface area contributed by atoms with Crippen LogP contribution in [0.2, 0.25) is 0 Å². The Morgan fingerprint density at radius 1 is 0.228 bits per heavy atom. The maximum atomic E-state index is 5.20. The van der Waals surface area contributed by atoms with E-state index in [0.29, 0.717) is 52.4 Å². The monoisotopic (exact) mass is 1010 g/mol. The van der Waals surface area contributed by atoms with Gasteiger partial charge in [0, 0.05) is 72.6 Å². The van der Waals surface area contributed by atoms with Gasteiger partial charge >= 0.3 is 0 Å². The number of benzene rings is 9. The summed E-state index contributed by atoms with van der Waals surface area (Å²) in [7, 11) is 0. The van der Waals surface area contributed by atoms with Gasteiger partial charge in [-0.1, -0.05) is 218 Å². The van der Waals surface area contributed by atoms with Gasteiger partial charge < -0.3 is 4.57 Å². The second-order valence-electron chi connectivity index (χ2n) is 18.9. The largest absolute Gasteiger partial charge is 0.308 e. The molecule has 0 fully saturated rings. The van der Waals surface area contributed by atoms with E-state index in [0.717, 1.165) is 88.8 Å². The molecule has 0 saturated heterocycles. The fourth-order valence-corrected chi connectivity index (χ4v) is 9.96. The molecule has 5 aromatic heterocycles. The van der Waals surface area contributed by atoms with Gasteiger partial charge in [0.2, 0.25) is 0 Å². The third kappa shape index (κ3) is 9.13. The lowest BCUT2D eigenvalue weighted by molar-refractivity contribution is 1.07. The Kier molecular flexibility index (Phi) is 11.9. The van der Waals surface area contributed by atoms with E-state index in [1.807, 2.05) is 206 Å². The lowest BCUT2D eigenvalue weighted by atomic mass is 10.0. The van der Waals surface area contributed by atoms with Crippen molar-refractivity contribution < 1.29 is 0 Å². The third-order valence-corrected chi connectivity index (χ3v) is 13.8. The predicted molar refractivity (Wildman–Crippen MR) is 313 cm³/mol. The van der Waals surface area contributed by atoms with Crippen molar-refractivity contribution in [3.8, 4) is 119 Å². The second kappa shape index (κ2) is 20.2. The molecule has 370 valence electrons. The molecule has 9 aromatic carbocycles. The Bertz CT molecular complexity index is 4150. The fourth-order valence-electron chi connectivity index (χ4n) is 9.96. The number of fused-ring (bicyclic) bond motifs is 3. The first-order valence-electron chi connectivity index (χ1n) is 25.9. The van der Waals surface area contributed by atoms with Crippen LogP contribution in [0.15, 0.2) is 261 Å². The maximum absolute atomic E-state index is 5.20. The Morgan fingerprint density at radius 2 is 0.506 bits per heavy atom. The average Bonchev–Trinajstić information content (AvgIpc) is 4.13. The van der Waals surface area contributed by atoms with Crippen molar-refractivity contribution in [2.24, 2.45) is 0 Å². The molecule has 0 atom stereocenters. The van der Waals surface area contributed by atoms with Gasteiger partial charge in [0.05, 0.1) is 22.4 Å². The predicted octanol–water partition coefficient (Wildman–Crippen LogP) is 15.4. The third-order valence-electron chi connectivity index (χ3n) is 13.8. The molecule has 11 heteroatoms. The van der Waals surface area contributed by atoms with Gasteiger partial charge in [-0.05, 0) is 36.4 Å². The van der Waals surface area contributed by atoms with Crippen molar-refractivity contribution in [1.82, 2.24) is 54.4 Å². The van der Waals surface area contributed by atoms with Crippen LogP contribution in [-0.2, 0) is 0 Å². The quantitative estimate of drug-likeness (QED) is 0.123. The molecular weight excluding hydrogens is 971 g/mol. The molecular formula is C68H43N11. The van der Waals surface area contributed by atoms with Gasteiger partial charge in [-0.2, -0.15) is 0 Å². The lowest BCUT2D eigenvalue weighted by Gasteiger charge is -2.16. The molecule has 0 N–H and O–H groups in total. The van der Waals surface area contributed by atoms with Crippen LogP contribution in [0.5, 0.6) is 0 Å². The van der Waals surface area contributed by atoms with Crippen LogP contribution >= 0.6 is 0 Å². The maximum Gasteiger partial charge on any atom is 0.164 e.